The molecule has 1 aromatic heterocycles. The highest BCUT2D eigenvalue weighted by molar-refractivity contribution is 6.33. The van der Waals surface area contributed by atoms with Crippen molar-refractivity contribution in [3.05, 3.63) is 77.8 Å². The predicted molar refractivity (Wildman–Crippen MR) is 134 cm³/mol. The topological polar surface area (TPSA) is 37.8 Å². The lowest BCUT2D eigenvalue weighted by molar-refractivity contribution is 0.172. The highest BCUT2D eigenvalue weighted by Gasteiger charge is 2.22. The van der Waals surface area contributed by atoms with Gasteiger partial charge in [-0.05, 0) is 35.4 Å². The van der Waals surface area contributed by atoms with Crippen LogP contribution in [-0.4, -0.2) is 44.4 Å². The third-order valence-electron chi connectivity index (χ3n) is 6.34. The Morgan fingerprint density at radius 1 is 0.727 bits per heavy atom. The van der Waals surface area contributed by atoms with E-state index in [-0.39, 0.29) is 0 Å². The summed E-state index contributed by atoms with van der Waals surface area (Å²) in [4.78, 5) is 9.76. The summed E-state index contributed by atoms with van der Waals surface area (Å²) in [6.45, 7) is 4.68. The molecule has 2 aliphatic rings. The summed E-state index contributed by atoms with van der Waals surface area (Å²) in [6, 6.07) is 24.8. The van der Waals surface area contributed by atoms with E-state index in [2.05, 4.69) is 52.3 Å². The molecule has 6 rings (SSSR count). The summed E-state index contributed by atoms with van der Waals surface area (Å²) in [5, 5.41) is 1.87. The van der Waals surface area contributed by atoms with E-state index < -0.39 is 0 Å². The summed E-state index contributed by atoms with van der Waals surface area (Å²) < 4.78 is 11.7. The van der Waals surface area contributed by atoms with Gasteiger partial charge in [-0.3, -0.25) is 0 Å². The first-order valence-electron chi connectivity index (χ1n) is 11.3. The van der Waals surface area contributed by atoms with Crippen LogP contribution in [0.4, 0.5) is 11.5 Å². The van der Waals surface area contributed by atoms with Crippen molar-refractivity contribution in [1.29, 1.82) is 0 Å². The normalized spacial score (nSPS) is 15.7. The number of aromatic nitrogens is 1. The average molecular weight is 458 g/mol. The Bertz CT molecular complexity index is 1300. The maximum atomic E-state index is 6.43. The molecule has 33 heavy (non-hydrogen) atoms. The number of fused-ring (bicyclic) bond motifs is 2. The van der Waals surface area contributed by atoms with Crippen LogP contribution in [0, 0.1) is 0 Å². The zero-order valence-corrected chi connectivity index (χ0v) is 19.0. The molecule has 4 aromatic rings. The van der Waals surface area contributed by atoms with Crippen LogP contribution >= 0.6 is 11.6 Å². The Labute approximate surface area is 198 Å². The lowest BCUT2D eigenvalue weighted by atomic mass is 10.00. The van der Waals surface area contributed by atoms with E-state index in [1.54, 1.807) is 0 Å². The third kappa shape index (κ3) is 3.83. The molecule has 0 aliphatic carbocycles. The second kappa shape index (κ2) is 8.49. The van der Waals surface area contributed by atoms with Crippen molar-refractivity contribution >= 4 is 34.0 Å². The molecule has 0 spiro atoms. The van der Waals surface area contributed by atoms with Gasteiger partial charge in [0.2, 0.25) is 0 Å². The van der Waals surface area contributed by atoms with Gasteiger partial charge in [0.25, 0.3) is 0 Å². The SMILES string of the molecule is Clc1ccccc1N1CCN(c2cc(-c3ccccc3)c3cc4c(cc3n2)OCCO4)CC1. The van der Waals surface area contributed by atoms with E-state index in [0.717, 1.165) is 76.2 Å². The Kier molecular flexibility index (Phi) is 5.19. The van der Waals surface area contributed by atoms with Crippen LogP contribution in [-0.2, 0) is 0 Å². The second-order valence-electron chi connectivity index (χ2n) is 8.33. The van der Waals surface area contributed by atoms with Crippen LogP contribution in [0.15, 0.2) is 72.8 Å². The van der Waals surface area contributed by atoms with Crippen molar-refractivity contribution < 1.29 is 9.47 Å². The van der Waals surface area contributed by atoms with Crippen molar-refractivity contribution in [2.45, 2.75) is 0 Å². The molecular weight excluding hydrogens is 434 g/mol. The molecule has 3 heterocycles. The number of ether oxygens (including phenoxy) is 2. The fourth-order valence-electron chi connectivity index (χ4n) is 4.65. The molecule has 0 bridgehead atoms. The second-order valence-corrected chi connectivity index (χ2v) is 8.74. The zero-order valence-electron chi connectivity index (χ0n) is 18.2. The monoisotopic (exact) mass is 457 g/mol. The standard InChI is InChI=1S/C27H24ClN3O2/c28-22-8-4-5-9-24(22)30-10-12-31(13-11-30)27-17-20(19-6-2-1-3-7-19)21-16-25-26(18-23(21)29-27)33-15-14-32-25/h1-9,16-18H,10-15H2. The van der Waals surface area contributed by atoms with Gasteiger partial charge in [0, 0.05) is 37.6 Å². The molecular formula is C27H24ClN3O2. The zero-order chi connectivity index (χ0) is 22.2. The Morgan fingerprint density at radius 2 is 1.39 bits per heavy atom. The van der Waals surface area contributed by atoms with Gasteiger partial charge in [0.1, 0.15) is 19.0 Å². The van der Waals surface area contributed by atoms with E-state index in [0.29, 0.717) is 13.2 Å². The molecule has 166 valence electrons. The highest BCUT2D eigenvalue weighted by Crippen LogP contribution is 2.39. The first kappa shape index (κ1) is 20.2. The molecule has 5 nitrogen and oxygen atoms in total. The molecule has 0 saturated carbocycles. The average Bonchev–Trinajstić information content (AvgIpc) is 2.88. The van der Waals surface area contributed by atoms with Gasteiger partial charge in [-0.1, -0.05) is 54.1 Å². The minimum Gasteiger partial charge on any atom is -0.486 e. The van der Waals surface area contributed by atoms with E-state index in [1.165, 1.54) is 0 Å². The van der Waals surface area contributed by atoms with Crippen molar-refractivity contribution in [2.24, 2.45) is 0 Å². The maximum Gasteiger partial charge on any atom is 0.163 e. The van der Waals surface area contributed by atoms with Crippen LogP contribution in [0.2, 0.25) is 5.02 Å². The number of para-hydroxylation sites is 1. The number of hydrogen-bond donors (Lipinski definition) is 0. The van der Waals surface area contributed by atoms with Crippen LogP contribution < -0.4 is 19.3 Å². The molecule has 2 aliphatic heterocycles. The Hall–Kier alpha value is -3.44. The molecule has 1 saturated heterocycles. The van der Waals surface area contributed by atoms with Gasteiger partial charge < -0.3 is 19.3 Å². The van der Waals surface area contributed by atoms with Crippen LogP contribution in [0.5, 0.6) is 11.5 Å². The van der Waals surface area contributed by atoms with E-state index in [4.69, 9.17) is 26.1 Å². The van der Waals surface area contributed by atoms with Crippen molar-refractivity contribution in [1.82, 2.24) is 4.98 Å². The smallest absolute Gasteiger partial charge is 0.163 e. The van der Waals surface area contributed by atoms with Gasteiger partial charge in [0.15, 0.2) is 11.5 Å². The molecule has 0 radical (unpaired) electrons. The van der Waals surface area contributed by atoms with Crippen molar-refractivity contribution in [3.63, 3.8) is 0 Å². The summed E-state index contributed by atoms with van der Waals surface area (Å²) in [6.07, 6.45) is 0. The predicted octanol–water partition coefficient (Wildman–Crippen LogP) is 5.65. The number of halogens is 1. The number of nitrogens with zero attached hydrogens (tertiary/aromatic N) is 3. The summed E-state index contributed by atoms with van der Waals surface area (Å²) in [5.74, 6) is 2.53. The minimum atomic E-state index is 0.563. The first-order chi connectivity index (χ1) is 16.3. The third-order valence-corrected chi connectivity index (χ3v) is 6.66. The number of pyridine rings is 1. The van der Waals surface area contributed by atoms with Crippen molar-refractivity contribution in [3.8, 4) is 22.6 Å². The van der Waals surface area contributed by atoms with E-state index in [9.17, 15) is 0 Å². The molecule has 1 fully saturated rings. The largest absolute Gasteiger partial charge is 0.486 e. The van der Waals surface area contributed by atoms with Gasteiger partial charge in [-0.15, -0.1) is 0 Å². The van der Waals surface area contributed by atoms with Crippen LogP contribution in [0.3, 0.4) is 0 Å². The number of hydrogen-bond acceptors (Lipinski definition) is 5. The van der Waals surface area contributed by atoms with E-state index in [1.807, 2.05) is 30.3 Å². The number of rotatable bonds is 3. The fraction of sp³-hybridized carbons (Fsp3) is 0.222. The number of anilines is 2. The first-order valence-corrected chi connectivity index (χ1v) is 11.7. The summed E-state index contributed by atoms with van der Waals surface area (Å²) in [5.41, 5.74) is 4.34. The molecule has 0 atom stereocenters. The fourth-order valence-corrected chi connectivity index (χ4v) is 4.91. The Balaban J connectivity index is 1.37. The van der Waals surface area contributed by atoms with Crippen molar-refractivity contribution in [2.75, 3.05) is 49.2 Å². The Morgan fingerprint density at radius 3 is 2.15 bits per heavy atom. The molecule has 0 unspecified atom stereocenters. The lowest BCUT2D eigenvalue weighted by Gasteiger charge is -2.37. The van der Waals surface area contributed by atoms with Crippen LogP contribution in [0.1, 0.15) is 0 Å². The van der Waals surface area contributed by atoms with Gasteiger partial charge in [0.05, 0.1) is 16.2 Å². The van der Waals surface area contributed by atoms with Gasteiger partial charge in [-0.25, -0.2) is 4.98 Å². The number of piperazine rings is 1. The molecule has 6 heteroatoms. The van der Waals surface area contributed by atoms with Gasteiger partial charge in [-0.2, -0.15) is 0 Å². The molecule has 0 N–H and O–H groups in total. The van der Waals surface area contributed by atoms with Gasteiger partial charge >= 0.3 is 0 Å². The summed E-state index contributed by atoms with van der Waals surface area (Å²) in [7, 11) is 0. The highest BCUT2D eigenvalue weighted by atomic mass is 35.5. The molecule has 0 amide bonds. The quantitative estimate of drug-likeness (QED) is 0.397. The maximum absolute atomic E-state index is 6.43. The minimum absolute atomic E-state index is 0.563. The van der Waals surface area contributed by atoms with Crippen LogP contribution in [0.25, 0.3) is 22.0 Å². The number of benzene rings is 3. The summed E-state index contributed by atoms with van der Waals surface area (Å²) >= 11 is 6.43. The van der Waals surface area contributed by atoms with E-state index >= 15 is 0 Å². The lowest BCUT2D eigenvalue weighted by Crippen LogP contribution is -2.47. The molecule has 3 aromatic carbocycles.